The molecule has 2 aliphatic carbocycles. The fraction of sp³-hybridized carbons (Fsp3) is 0.485. The number of aromatic nitrogens is 2. The molecule has 2 aromatic carbocycles. The van der Waals surface area contributed by atoms with E-state index in [0.29, 0.717) is 23.8 Å². The van der Waals surface area contributed by atoms with Crippen LogP contribution in [0.15, 0.2) is 59.1 Å². The molecule has 2 aliphatic rings. The lowest BCUT2D eigenvalue weighted by Crippen LogP contribution is -2.83. The first-order chi connectivity index (χ1) is 19.6. The number of rotatable bonds is 9. The summed E-state index contributed by atoms with van der Waals surface area (Å²) in [6, 6.07) is 16.2. The number of quaternary nitrogens is 1. The van der Waals surface area contributed by atoms with E-state index in [-0.39, 0.29) is 29.7 Å². The highest BCUT2D eigenvalue weighted by Gasteiger charge is 2.47. The molecule has 0 amide bonds. The van der Waals surface area contributed by atoms with E-state index in [1.165, 1.54) is 12.1 Å². The molecule has 212 valence electrons. The number of nitrogens with two attached hydrogens (primary N) is 1. The summed E-state index contributed by atoms with van der Waals surface area (Å²) >= 11 is 0. The second-order valence-electron chi connectivity index (χ2n) is 10.6. The third-order valence-corrected chi connectivity index (χ3v) is 8.22. The van der Waals surface area contributed by atoms with Gasteiger partial charge < -0.3 is 14.6 Å². The molecule has 1 aromatic heterocycles. The number of esters is 1. The summed E-state index contributed by atoms with van der Waals surface area (Å²) in [5.74, 6) is 3.73. The predicted octanol–water partition coefficient (Wildman–Crippen LogP) is 5.83. The zero-order valence-electron chi connectivity index (χ0n) is 23.7. The van der Waals surface area contributed by atoms with Gasteiger partial charge in [0.1, 0.15) is 11.9 Å². The van der Waals surface area contributed by atoms with Crippen LogP contribution in [0, 0.1) is 30.0 Å². The minimum atomic E-state index is -0.560. The van der Waals surface area contributed by atoms with Crippen LogP contribution in [-0.2, 0) is 21.5 Å². The van der Waals surface area contributed by atoms with Crippen molar-refractivity contribution in [3.05, 3.63) is 71.9 Å². The van der Waals surface area contributed by atoms with Gasteiger partial charge in [0.15, 0.2) is 6.54 Å². The number of nitrogens with zero attached hydrogens (tertiary/aromatic N) is 2. The number of carbonyl (C=O) groups excluding carboxylic acids is 1. The maximum Gasteiger partial charge on any atom is 0.316 e. The Kier molecular flexibility index (Phi) is 10.5. The second kappa shape index (κ2) is 14.2. The zero-order valence-corrected chi connectivity index (χ0v) is 23.7. The van der Waals surface area contributed by atoms with Gasteiger partial charge in [0, 0.05) is 23.8 Å². The molecule has 6 nitrogen and oxygen atoms in total. The smallest absolute Gasteiger partial charge is 0.316 e. The molecule has 0 radical (unpaired) electrons. The lowest BCUT2D eigenvalue weighted by atomic mass is 9.69. The van der Waals surface area contributed by atoms with E-state index in [0.717, 1.165) is 63.5 Å². The van der Waals surface area contributed by atoms with Crippen LogP contribution < -0.4 is 5.32 Å². The maximum atomic E-state index is 13.7. The Morgan fingerprint density at radius 2 is 1.80 bits per heavy atom. The Labute approximate surface area is 237 Å². The topological polar surface area (TPSA) is 81.8 Å². The largest absolute Gasteiger partial charge is 0.461 e. The second-order valence-corrected chi connectivity index (χ2v) is 10.6. The summed E-state index contributed by atoms with van der Waals surface area (Å²) in [6.45, 7) is 5.33. The van der Waals surface area contributed by atoms with Crippen LogP contribution in [0.4, 0.5) is 4.39 Å². The average Bonchev–Trinajstić information content (AvgIpc) is 3.31. The number of benzene rings is 2. The Morgan fingerprint density at radius 1 is 1.10 bits per heavy atom. The van der Waals surface area contributed by atoms with E-state index < -0.39 is 5.41 Å². The lowest BCUT2D eigenvalue weighted by Gasteiger charge is -2.43. The molecular formula is C33H41FN3O3+. The monoisotopic (exact) mass is 546 g/mol. The molecule has 5 rings (SSSR count). The first kappa shape index (κ1) is 29.5. The number of ether oxygens (including phenoxy) is 1. The van der Waals surface area contributed by atoms with Crippen molar-refractivity contribution in [2.24, 2.45) is 11.8 Å². The number of carbonyl (C=O) groups is 1. The Balaban J connectivity index is 0.00000181. The van der Waals surface area contributed by atoms with E-state index in [9.17, 15) is 9.18 Å². The van der Waals surface area contributed by atoms with Crippen molar-refractivity contribution in [1.29, 1.82) is 0 Å². The molecule has 0 bridgehead atoms. The maximum absolute atomic E-state index is 13.7. The average molecular weight is 547 g/mol. The standard InChI is InChI=1S/C31H34FN3O3.C2H6/c1-2-22-20-27(37-30(36)31(17-8-3-4-9-18-31)24-10-6-5-7-11-24)26(22)16-19-33-21-28-34-29(35-38-28)23-12-14-25(32)15-13-23;1-2/h1,5-7,10-15,22,26-27,33H,3-4,8-9,16-21H2;1-2H3/p+1. The molecule has 3 unspecified atom stereocenters. The normalized spacial score (nSPS) is 21.6. The van der Waals surface area contributed by atoms with Gasteiger partial charge in [-0.25, -0.2) is 4.39 Å². The number of terminal acetylenes is 1. The summed E-state index contributed by atoms with van der Waals surface area (Å²) < 4.78 is 24.8. The highest BCUT2D eigenvalue weighted by Crippen LogP contribution is 2.44. The van der Waals surface area contributed by atoms with Crippen molar-refractivity contribution in [2.75, 3.05) is 6.54 Å². The molecule has 0 aliphatic heterocycles. The third kappa shape index (κ3) is 6.79. The van der Waals surface area contributed by atoms with Crippen molar-refractivity contribution in [2.45, 2.75) is 83.3 Å². The van der Waals surface area contributed by atoms with Gasteiger partial charge in [0.05, 0.1) is 12.0 Å². The molecule has 40 heavy (non-hydrogen) atoms. The van der Waals surface area contributed by atoms with Crippen molar-refractivity contribution in [3.8, 4) is 23.7 Å². The first-order valence-corrected chi connectivity index (χ1v) is 14.7. The molecule has 1 heterocycles. The number of hydrogen-bond acceptors (Lipinski definition) is 5. The van der Waals surface area contributed by atoms with Gasteiger partial charge in [-0.2, -0.15) is 4.98 Å². The SMILES string of the molecule is C#CC1CC(OC(=O)C2(c3ccccc3)CCCCCC2)C1CC[NH2+]Cc1nc(-c2ccc(F)cc2)no1.CC. The van der Waals surface area contributed by atoms with Crippen LogP contribution >= 0.6 is 0 Å². The summed E-state index contributed by atoms with van der Waals surface area (Å²) in [7, 11) is 0. The van der Waals surface area contributed by atoms with Crippen LogP contribution in [-0.4, -0.2) is 28.8 Å². The highest BCUT2D eigenvalue weighted by atomic mass is 19.1. The quantitative estimate of drug-likeness (QED) is 0.158. The Morgan fingerprint density at radius 3 is 2.48 bits per heavy atom. The minimum Gasteiger partial charge on any atom is -0.461 e. The van der Waals surface area contributed by atoms with Crippen molar-refractivity contribution in [3.63, 3.8) is 0 Å². The van der Waals surface area contributed by atoms with Crippen LogP contribution in [0.1, 0.15) is 76.7 Å². The number of hydrogen-bond donors (Lipinski definition) is 1. The molecule has 2 N–H and O–H groups in total. The summed E-state index contributed by atoms with van der Waals surface area (Å²) in [4.78, 5) is 18.1. The van der Waals surface area contributed by atoms with Crippen LogP contribution in [0.2, 0.25) is 0 Å². The van der Waals surface area contributed by atoms with Crippen molar-refractivity contribution in [1.82, 2.24) is 10.1 Å². The first-order valence-electron chi connectivity index (χ1n) is 14.7. The molecule has 0 saturated heterocycles. The van der Waals surface area contributed by atoms with Crippen molar-refractivity contribution >= 4 is 5.97 Å². The Hall–Kier alpha value is -3.50. The molecule has 2 fully saturated rings. The van der Waals surface area contributed by atoms with E-state index in [4.69, 9.17) is 15.7 Å². The molecule has 2 saturated carbocycles. The van der Waals surface area contributed by atoms with Gasteiger partial charge in [-0.05, 0) is 49.1 Å². The fourth-order valence-corrected chi connectivity index (χ4v) is 5.92. The minimum absolute atomic E-state index is 0.0840. The zero-order chi connectivity index (χ0) is 28.4. The van der Waals surface area contributed by atoms with Gasteiger partial charge >= 0.3 is 5.97 Å². The van der Waals surface area contributed by atoms with E-state index >= 15 is 0 Å². The lowest BCUT2D eigenvalue weighted by molar-refractivity contribution is -0.674. The van der Waals surface area contributed by atoms with Gasteiger partial charge in [-0.15, -0.1) is 12.3 Å². The van der Waals surface area contributed by atoms with Gasteiger partial charge in [0.2, 0.25) is 5.82 Å². The van der Waals surface area contributed by atoms with Crippen LogP contribution in [0.3, 0.4) is 0 Å². The molecule has 7 heteroatoms. The summed E-state index contributed by atoms with van der Waals surface area (Å²) in [5.41, 5.74) is 1.22. The molecule has 3 atom stereocenters. The predicted molar refractivity (Wildman–Crippen MR) is 152 cm³/mol. The van der Waals surface area contributed by atoms with Crippen molar-refractivity contribution < 1.29 is 23.8 Å². The van der Waals surface area contributed by atoms with Gasteiger partial charge in [-0.1, -0.05) is 75.0 Å². The number of halogens is 1. The summed E-state index contributed by atoms with van der Waals surface area (Å²) in [6.07, 6.45) is 13.3. The highest BCUT2D eigenvalue weighted by molar-refractivity contribution is 5.83. The Bertz CT molecular complexity index is 1240. The van der Waals surface area contributed by atoms with Gasteiger partial charge in [-0.3, -0.25) is 4.79 Å². The third-order valence-electron chi connectivity index (χ3n) is 8.22. The van der Waals surface area contributed by atoms with Crippen LogP contribution in [0.25, 0.3) is 11.4 Å². The van der Waals surface area contributed by atoms with E-state index in [1.807, 2.05) is 32.0 Å². The van der Waals surface area contributed by atoms with E-state index in [2.05, 4.69) is 33.5 Å². The summed E-state index contributed by atoms with van der Waals surface area (Å²) in [5, 5.41) is 6.10. The van der Waals surface area contributed by atoms with E-state index in [1.54, 1.807) is 12.1 Å². The fourth-order valence-electron chi connectivity index (χ4n) is 5.92. The molecular weight excluding hydrogens is 505 g/mol. The molecule has 3 aromatic rings. The van der Waals surface area contributed by atoms with Gasteiger partial charge in [0.25, 0.3) is 5.89 Å². The van der Waals surface area contributed by atoms with Crippen LogP contribution in [0.5, 0.6) is 0 Å². The molecule has 0 spiro atoms.